The van der Waals surface area contributed by atoms with E-state index in [9.17, 15) is 4.79 Å². The zero-order valence-corrected chi connectivity index (χ0v) is 12.6. The average Bonchev–Trinajstić information content (AvgIpc) is 2.73. The number of nitrogens with two attached hydrogens (primary N) is 1. The number of para-hydroxylation sites is 1. The maximum Gasteiger partial charge on any atom is 0.265 e. The summed E-state index contributed by atoms with van der Waals surface area (Å²) in [6, 6.07) is 7.50. The third kappa shape index (κ3) is 3.26. The molecule has 0 aliphatic rings. The van der Waals surface area contributed by atoms with Gasteiger partial charge in [0.05, 0.1) is 16.3 Å². The molecule has 1 amide bonds. The molecule has 19 heavy (non-hydrogen) atoms. The third-order valence-electron chi connectivity index (χ3n) is 2.87. The molecule has 0 aliphatic carbocycles. The largest absolute Gasteiger partial charge is 0.320 e. The van der Waals surface area contributed by atoms with E-state index in [1.54, 1.807) is 11.8 Å². The molecular formula is C13H17N3OS2. The Morgan fingerprint density at radius 3 is 2.95 bits per heavy atom. The molecule has 1 aromatic carbocycles. The summed E-state index contributed by atoms with van der Waals surface area (Å²) in [4.78, 5) is 16.8. The van der Waals surface area contributed by atoms with Crippen molar-refractivity contribution in [3.63, 3.8) is 0 Å². The van der Waals surface area contributed by atoms with Crippen LogP contribution in [0, 0.1) is 0 Å². The number of carbonyl (C=O) groups excluding carboxylic acids is 1. The lowest BCUT2D eigenvalue weighted by molar-refractivity contribution is -0.119. The molecule has 6 heteroatoms. The number of hydrogen-bond donors (Lipinski definition) is 1. The first-order valence-electron chi connectivity index (χ1n) is 6.01. The summed E-state index contributed by atoms with van der Waals surface area (Å²) in [7, 11) is 1.92. The highest BCUT2D eigenvalue weighted by Crippen LogP contribution is 2.15. The van der Waals surface area contributed by atoms with Crippen LogP contribution in [0.3, 0.4) is 0 Å². The van der Waals surface area contributed by atoms with Gasteiger partial charge in [0.2, 0.25) is 0 Å². The Morgan fingerprint density at radius 1 is 1.53 bits per heavy atom. The number of rotatable bonds is 4. The first kappa shape index (κ1) is 14.3. The summed E-state index contributed by atoms with van der Waals surface area (Å²) >= 11 is 3.19. The van der Waals surface area contributed by atoms with Crippen LogP contribution in [-0.2, 0) is 11.8 Å². The van der Waals surface area contributed by atoms with Crippen LogP contribution in [0.2, 0.25) is 0 Å². The van der Waals surface area contributed by atoms with Gasteiger partial charge in [0.25, 0.3) is 5.91 Å². The first-order chi connectivity index (χ1) is 9.13. The van der Waals surface area contributed by atoms with Gasteiger partial charge < -0.3 is 10.3 Å². The highest BCUT2D eigenvalue weighted by Gasteiger charge is 2.12. The zero-order valence-electron chi connectivity index (χ0n) is 11.0. The lowest BCUT2D eigenvalue weighted by Crippen LogP contribution is -2.31. The van der Waals surface area contributed by atoms with E-state index in [0.29, 0.717) is 11.2 Å². The van der Waals surface area contributed by atoms with E-state index in [-0.39, 0.29) is 5.91 Å². The van der Waals surface area contributed by atoms with E-state index in [4.69, 9.17) is 5.73 Å². The van der Waals surface area contributed by atoms with Crippen LogP contribution in [0.15, 0.2) is 29.3 Å². The quantitative estimate of drug-likeness (QED) is 0.935. The third-order valence-corrected chi connectivity index (χ3v) is 4.63. The summed E-state index contributed by atoms with van der Waals surface area (Å²) in [5, 5.41) is 0. The summed E-state index contributed by atoms with van der Waals surface area (Å²) in [5.74, 6) is 0.636. The topological polar surface area (TPSA) is 60.4 Å². The standard InChI is InChI=1S/C13H17N3OS2/c1-16-10-5-3-4-6-11(10)19-13(16)15-12(17)9(14)7-8-18-2/h3-6,9H,7-8,14H2,1-2H3/t9-/m0/s1. The zero-order chi connectivity index (χ0) is 13.8. The number of benzene rings is 1. The smallest absolute Gasteiger partial charge is 0.265 e. The minimum Gasteiger partial charge on any atom is -0.320 e. The van der Waals surface area contributed by atoms with Gasteiger partial charge in [-0.3, -0.25) is 4.79 Å². The number of amides is 1. The SMILES string of the molecule is CSCC[C@H](N)C(=O)N=c1sc2ccccc2n1C. The summed E-state index contributed by atoms with van der Waals surface area (Å²) in [6.45, 7) is 0. The van der Waals surface area contributed by atoms with Crippen LogP contribution >= 0.6 is 23.1 Å². The molecular weight excluding hydrogens is 278 g/mol. The first-order valence-corrected chi connectivity index (χ1v) is 8.22. The van der Waals surface area contributed by atoms with Gasteiger partial charge in [0.15, 0.2) is 4.80 Å². The van der Waals surface area contributed by atoms with E-state index < -0.39 is 6.04 Å². The molecule has 2 rings (SSSR count). The Morgan fingerprint density at radius 2 is 2.26 bits per heavy atom. The average molecular weight is 295 g/mol. The monoisotopic (exact) mass is 295 g/mol. The molecule has 0 aliphatic heterocycles. The molecule has 1 atom stereocenters. The van der Waals surface area contributed by atoms with Crippen molar-refractivity contribution in [2.45, 2.75) is 12.5 Å². The molecule has 102 valence electrons. The van der Waals surface area contributed by atoms with Gasteiger partial charge in [-0.05, 0) is 30.6 Å². The molecule has 0 saturated heterocycles. The summed E-state index contributed by atoms with van der Waals surface area (Å²) in [6.07, 6.45) is 2.67. The number of nitrogens with zero attached hydrogens (tertiary/aromatic N) is 2. The van der Waals surface area contributed by atoms with Gasteiger partial charge in [-0.1, -0.05) is 23.5 Å². The van der Waals surface area contributed by atoms with Gasteiger partial charge in [0, 0.05) is 7.05 Å². The Balaban J connectivity index is 2.30. The molecule has 0 fully saturated rings. The number of hydrogen-bond acceptors (Lipinski definition) is 4. The van der Waals surface area contributed by atoms with Crippen molar-refractivity contribution in [1.82, 2.24) is 4.57 Å². The van der Waals surface area contributed by atoms with Crippen molar-refractivity contribution in [3.05, 3.63) is 29.1 Å². The van der Waals surface area contributed by atoms with Crippen molar-refractivity contribution in [1.29, 1.82) is 0 Å². The van der Waals surface area contributed by atoms with Crippen LogP contribution < -0.4 is 10.5 Å². The van der Waals surface area contributed by atoms with Crippen molar-refractivity contribution in [2.75, 3.05) is 12.0 Å². The van der Waals surface area contributed by atoms with Crippen LogP contribution in [-0.4, -0.2) is 28.5 Å². The number of aromatic nitrogens is 1. The minimum absolute atomic E-state index is 0.240. The molecule has 2 N–H and O–H groups in total. The van der Waals surface area contributed by atoms with E-state index in [1.807, 2.05) is 42.1 Å². The molecule has 1 aromatic heterocycles. The molecule has 4 nitrogen and oxygen atoms in total. The normalized spacial score (nSPS) is 13.9. The summed E-state index contributed by atoms with van der Waals surface area (Å²) < 4.78 is 3.05. The van der Waals surface area contributed by atoms with Crippen LogP contribution in [0.1, 0.15) is 6.42 Å². The molecule has 0 radical (unpaired) electrons. The van der Waals surface area contributed by atoms with Gasteiger partial charge in [0.1, 0.15) is 0 Å². The highest BCUT2D eigenvalue weighted by molar-refractivity contribution is 7.98. The van der Waals surface area contributed by atoms with Crippen LogP contribution in [0.4, 0.5) is 0 Å². The lowest BCUT2D eigenvalue weighted by Gasteiger charge is -2.04. The van der Waals surface area contributed by atoms with Crippen molar-refractivity contribution in [3.8, 4) is 0 Å². The second-order valence-corrected chi connectivity index (χ2v) is 6.24. The van der Waals surface area contributed by atoms with E-state index in [1.165, 1.54) is 11.3 Å². The van der Waals surface area contributed by atoms with E-state index in [0.717, 1.165) is 16.0 Å². The molecule has 1 heterocycles. The van der Waals surface area contributed by atoms with Crippen molar-refractivity contribution < 1.29 is 4.79 Å². The van der Waals surface area contributed by atoms with E-state index in [2.05, 4.69) is 4.99 Å². The number of carbonyl (C=O) groups is 1. The van der Waals surface area contributed by atoms with Gasteiger partial charge >= 0.3 is 0 Å². The predicted molar refractivity (Wildman–Crippen MR) is 82.3 cm³/mol. The van der Waals surface area contributed by atoms with Crippen LogP contribution in [0.25, 0.3) is 10.2 Å². The summed E-state index contributed by atoms with van der Waals surface area (Å²) in [5.41, 5.74) is 6.91. The fourth-order valence-electron chi connectivity index (χ4n) is 1.73. The number of thiazole rings is 1. The van der Waals surface area contributed by atoms with E-state index >= 15 is 0 Å². The fraction of sp³-hybridized carbons (Fsp3) is 0.385. The Bertz CT molecular complexity index is 645. The molecule has 2 aromatic rings. The van der Waals surface area contributed by atoms with Crippen molar-refractivity contribution in [2.24, 2.45) is 17.8 Å². The lowest BCUT2D eigenvalue weighted by atomic mass is 10.2. The minimum atomic E-state index is -0.502. The maximum absolute atomic E-state index is 11.9. The van der Waals surface area contributed by atoms with Gasteiger partial charge in [-0.2, -0.15) is 16.8 Å². The van der Waals surface area contributed by atoms with Crippen LogP contribution in [0.5, 0.6) is 0 Å². The number of fused-ring (bicyclic) bond motifs is 1. The van der Waals surface area contributed by atoms with Gasteiger partial charge in [-0.15, -0.1) is 0 Å². The second kappa shape index (κ2) is 6.36. The van der Waals surface area contributed by atoms with Gasteiger partial charge in [-0.25, -0.2) is 0 Å². The fourth-order valence-corrected chi connectivity index (χ4v) is 3.25. The van der Waals surface area contributed by atoms with Crippen molar-refractivity contribution >= 4 is 39.2 Å². The number of thioether (sulfide) groups is 1. The maximum atomic E-state index is 11.9. The second-order valence-electron chi connectivity index (χ2n) is 4.25. The highest BCUT2D eigenvalue weighted by atomic mass is 32.2. The molecule has 0 saturated carbocycles. The predicted octanol–water partition coefficient (Wildman–Crippen LogP) is 1.75. The Hall–Kier alpha value is -1.11. The Labute approximate surface area is 120 Å². The molecule has 0 bridgehead atoms. The number of aryl methyl sites for hydroxylation is 1. The Kier molecular flexibility index (Phi) is 4.79. The molecule has 0 unspecified atom stereocenters. The molecule has 0 spiro atoms.